The average molecular weight is 377 g/mol. The van der Waals surface area contributed by atoms with Crippen LogP contribution in [0.15, 0.2) is 30.3 Å². The molecule has 0 spiro atoms. The molecule has 0 aliphatic rings. The topological polar surface area (TPSA) is 69.9 Å². The van der Waals surface area contributed by atoms with E-state index in [-0.39, 0.29) is 6.42 Å². The van der Waals surface area contributed by atoms with Crippen molar-refractivity contribution in [2.24, 2.45) is 0 Å². The second kappa shape index (κ2) is 15.7. The van der Waals surface area contributed by atoms with Crippen LogP contribution in [0.25, 0.3) is 0 Å². The number of aliphatic hydroxyl groups excluding tert-OH is 3. The van der Waals surface area contributed by atoms with Crippen LogP contribution in [0.4, 0.5) is 0 Å². The number of aliphatic hydroxyl groups is 3. The number of hydrogen-bond acceptors (Lipinski definition) is 4. The molecule has 1 aromatic carbocycles. The fourth-order valence-electron chi connectivity index (χ4n) is 2.78. The molecule has 0 bridgehead atoms. The van der Waals surface area contributed by atoms with Crippen LogP contribution in [0.1, 0.15) is 70.3 Å². The normalized spacial score (nSPS) is 14.2. The zero-order valence-corrected chi connectivity index (χ0v) is 16.6. The van der Waals surface area contributed by atoms with E-state index in [1.807, 2.05) is 30.3 Å². The molecule has 1 aromatic rings. The molecule has 0 unspecified atom stereocenters. The third-order valence-electron chi connectivity index (χ3n) is 4.53. The molecule has 3 atom stereocenters. The Morgan fingerprint density at radius 1 is 0.889 bits per heavy atom. The summed E-state index contributed by atoms with van der Waals surface area (Å²) in [5.74, 6) is 5.91. The third-order valence-corrected chi connectivity index (χ3v) is 4.53. The van der Waals surface area contributed by atoms with Crippen molar-refractivity contribution in [3.05, 3.63) is 35.9 Å². The van der Waals surface area contributed by atoms with Crippen LogP contribution in [0.2, 0.25) is 0 Å². The van der Waals surface area contributed by atoms with Gasteiger partial charge in [0.15, 0.2) is 0 Å². The highest BCUT2D eigenvalue weighted by molar-refractivity contribution is 5.13. The molecule has 0 aromatic heterocycles. The highest BCUT2D eigenvalue weighted by atomic mass is 16.5. The van der Waals surface area contributed by atoms with Crippen molar-refractivity contribution in [1.82, 2.24) is 0 Å². The van der Waals surface area contributed by atoms with Crippen molar-refractivity contribution in [1.29, 1.82) is 0 Å². The fourth-order valence-corrected chi connectivity index (χ4v) is 2.78. The van der Waals surface area contributed by atoms with E-state index < -0.39 is 18.3 Å². The summed E-state index contributed by atoms with van der Waals surface area (Å²) in [5, 5.41) is 30.0. The van der Waals surface area contributed by atoms with Crippen LogP contribution in [-0.4, -0.2) is 40.2 Å². The fraction of sp³-hybridized carbons (Fsp3) is 0.652. The average Bonchev–Trinajstić information content (AvgIpc) is 2.69. The van der Waals surface area contributed by atoms with Gasteiger partial charge in [-0.25, -0.2) is 0 Å². The Hall–Kier alpha value is -1.38. The van der Waals surface area contributed by atoms with Gasteiger partial charge in [-0.3, -0.25) is 0 Å². The van der Waals surface area contributed by atoms with E-state index in [1.54, 1.807) is 0 Å². The number of hydrogen-bond donors (Lipinski definition) is 3. The molecular formula is C23H36O4. The lowest BCUT2D eigenvalue weighted by molar-refractivity contribution is -0.0600. The molecular weight excluding hydrogens is 340 g/mol. The summed E-state index contributed by atoms with van der Waals surface area (Å²) in [7, 11) is 0. The zero-order valence-electron chi connectivity index (χ0n) is 16.6. The number of ether oxygens (including phenoxy) is 1. The van der Waals surface area contributed by atoms with E-state index in [9.17, 15) is 15.3 Å². The number of rotatable bonds is 14. The van der Waals surface area contributed by atoms with Gasteiger partial charge in [0.05, 0.1) is 18.8 Å². The summed E-state index contributed by atoms with van der Waals surface area (Å²) in [6.45, 7) is 3.45. The highest BCUT2D eigenvalue weighted by Crippen LogP contribution is 2.12. The quantitative estimate of drug-likeness (QED) is 0.341. The van der Waals surface area contributed by atoms with Crippen LogP contribution in [0.3, 0.4) is 0 Å². The maximum Gasteiger partial charge on any atom is 0.107 e. The van der Waals surface area contributed by atoms with E-state index in [4.69, 9.17) is 4.74 Å². The Bertz CT molecular complexity index is 520. The van der Waals surface area contributed by atoms with Gasteiger partial charge >= 0.3 is 0 Å². The largest absolute Gasteiger partial charge is 0.390 e. The van der Waals surface area contributed by atoms with Gasteiger partial charge < -0.3 is 20.1 Å². The molecule has 0 fully saturated rings. The molecule has 0 saturated carbocycles. The first kappa shape index (κ1) is 23.7. The summed E-state index contributed by atoms with van der Waals surface area (Å²) in [4.78, 5) is 0. The second-order valence-corrected chi connectivity index (χ2v) is 7.03. The van der Waals surface area contributed by atoms with Crippen LogP contribution in [-0.2, 0) is 11.3 Å². The standard InChI is InChI=1S/C23H36O4/c1-2-3-4-5-6-11-16-21(24)23(26)22(25)17-12-8-13-18-27-19-20-14-9-7-10-15-20/h7,9-10,14-15,21-26H,2-5,8,12-13,16-19H2,1H3/t21-,22+,23+/m0/s1. The SMILES string of the molecule is CCCCCC#CC[C@H](O)[C@@H](O)[C@H](O)CCCCCOCc1ccccc1. The summed E-state index contributed by atoms with van der Waals surface area (Å²) < 4.78 is 5.62. The summed E-state index contributed by atoms with van der Waals surface area (Å²) >= 11 is 0. The summed E-state index contributed by atoms with van der Waals surface area (Å²) in [5.41, 5.74) is 1.17. The van der Waals surface area contributed by atoms with Crippen molar-refractivity contribution < 1.29 is 20.1 Å². The van der Waals surface area contributed by atoms with Crippen LogP contribution >= 0.6 is 0 Å². The van der Waals surface area contributed by atoms with Gasteiger partial charge in [-0.05, 0) is 24.8 Å². The van der Waals surface area contributed by atoms with Crippen molar-refractivity contribution in [3.8, 4) is 11.8 Å². The Labute approximate surface area is 164 Å². The lowest BCUT2D eigenvalue weighted by atomic mass is 10.00. The molecule has 0 aliphatic carbocycles. The minimum Gasteiger partial charge on any atom is -0.390 e. The summed E-state index contributed by atoms with van der Waals surface area (Å²) in [6, 6.07) is 10.1. The van der Waals surface area contributed by atoms with Gasteiger partial charge in [0, 0.05) is 19.4 Å². The molecule has 27 heavy (non-hydrogen) atoms. The Morgan fingerprint density at radius 3 is 2.41 bits per heavy atom. The molecule has 4 heteroatoms. The molecule has 1 rings (SSSR count). The number of benzene rings is 1. The van der Waals surface area contributed by atoms with E-state index in [2.05, 4.69) is 18.8 Å². The Kier molecular flexibility index (Phi) is 13.7. The van der Waals surface area contributed by atoms with Crippen molar-refractivity contribution in [2.75, 3.05) is 6.61 Å². The van der Waals surface area contributed by atoms with Crippen LogP contribution in [0.5, 0.6) is 0 Å². The Morgan fingerprint density at radius 2 is 1.67 bits per heavy atom. The smallest absolute Gasteiger partial charge is 0.107 e. The lowest BCUT2D eigenvalue weighted by Crippen LogP contribution is -2.37. The molecule has 3 N–H and O–H groups in total. The molecule has 0 amide bonds. The minimum absolute atomic E-state index is 0.206. The van der Waals surface area contributed by atoms with Gasteiger partial charge in [0.1, 0.15) is 6.10 Å². The second-order valence-electron chi connectivity index (χ2n) is 7.03. The van der Waals surface area contributed by atoms with Gasteiger partial charge in [-0.2, -0.15) is 0 Å². The van der Waals surface area contributed by atoms with E-state index in [0.717, 1.165) is 44.9 Å². The molecule has 152 valence electrons. The van der Waals surface area contributed by atoms with Crippen molar-refractivity contribution in [3.63, 3.8) is 0 Å². The van der Waals surface area contributed by atoms with Crippen molar-refractivity contribution in [2.45, 2.75) is 89.6 Å². The van der Waals surface area contributed by atoms with E-state index in [0.29, 0.717) is 19.6 Å². The molecule has 0 radical (unpaired) electrons. The van der Waals surface area contributed by atoms with Crippen LogP contribution in [0, 0.1) is 11.8 Å². The first-order valence-electron chi connectivity index (χ1n) is 10.3. The predicted octanol–water partition coefficient (Wildman–Crippen LogP) is 3.82. The van der Waals surface area contributed by atoms with Gasteiger partial charge in [0.25, 0.3) is 0 Å². The van der Waals surface area contributed by atoms with Crippen molar-refractivity contribution >= 4 is 0 Å². The van der Waals surface area contributed by atoms with Crippen LogP contribution < -0.4 is 0 Å². The first-order chi connectivity index (χ1) is 13.1. The van der Waals surface area contributed by atoms with E-state index in [1.165, 1.54) is 5.56 Å². The molecule has 4 nitrogen and oxygen atoms in total. The first-order valence-corrected chi connectivity index (χ1v) is 10.3. The highest BCUT2D eigenvalue weighted by Gasteiger charge is 2.23. The number of unbranched alkanes of at least 4 members (excludes halogenated alkanes) is 5. The van der Waals surface area contributed by atoms with Gasteiger partial charge in [0.2, 0.25) is 0 Å². The maximum atomic E-state index is 10.0. The molecule has 0 saturated heterocycles. The third kappa shape index (κ3) is 11.8. The van der Waals surface area contributed by atoms with Gasteiger partial charge in [-0.1, -0.05) is 62.9 Å². The lowest BCUT2D eigenvalue weighted by Gasteiger charge is -2.21. The molecule has 0 aliphatic heterocycles. The zero-order chi connectivity index (χ0) is 19.7. The Balaban J connectivity index is 2.04. The maximum absolute atomic E-state index is 10.0. The molecule has 0 heterocycles. The summed E-state index contributed by atoms with van der Waals surface area (Å²) in [6.07, 6.45) is 4.49. The van der Waals surface area contributed by atoms with Gasteiger partial charge in [-0.15, -0.1) is 11.8 Å². The van der Waals surface area contributed by atoms with E-state index >= 15 is 0 Å². The predicted molar refractivity (Wildman–Crippen MR) is 109 cm³/mol. The minimum atomic E-state index is -1.13. The monoisotopic (exact) mass is 376 g/mol.